The van der Waals surface area contributed by atoms with Crippen LogP contribution in [0.5, 0.6) is 0 Å². The van der Waals surface area contributed by atoms with E-state index in [1.54, 1.807) is 13.1 Å². The smallest absolute Gasteiger partial charge is 0.394 e. The van der Waals surface area contributed by atoms with Crippen LogP contribution in [0, 0.1) is 17.4 Å². The monoisotopic (exact) mass is 613 g/mol. The molecule has 1 aliphatic heterocycles. The second kappa shape index (κ2) is 9.35. The van der Waals surface area contributed by atoms with Gasteiger partial charge in [-0.1, -0.05) is 11.6 Å². The van der Waals surface area contributed by atoms with Gasteiger partial charge in [0.25, 0.3) is 0 Å². The molecule has 0 bridgehead atoms. The van der Waals surface area contributed by atoms with Gasteiger partial charge < -0.3 is 20.1 Å². The van der Waals surface area contributed by atoms with Crippen LogP contribution in [-0.2, 0) is 10.9 Å². The number of aliphatic hydroxyl groups excluding tert-OH is 3. The molecule has 14 heteroatoms. The van der Waals surface area contributed by atoms with E-state index in [0.717, 1.165) is 26.5 Å². The molecule has 3 N–H and O–H groups in total. The average molecular weight is 614 g/mol. The van der Waals surface area contributed by atoms with Crippen molar-refractivity contribution in [1.82, 2.24) is 24.5 Å². The molecular weight excluding hydrogens is 594 g/mol. The minimum atomic E-state index is -4.72. The van der Waals surface area contributed by atoms with Crippen LogP contribution in [0.1, 0.15) is 35.1 Å². The van der Waals surface area contributed by atoms with Gasteiger partial charge in [0.05, 0.1) is 27.1 Å². The van der Waals surface area contributed by atoms with Crippen LogP contribution in [0.4, 0.5) is 13.2 Å². The Balaban J connectivity index is 1.85. The van der Waals surface area contributed by atoms with E-state index < -0.39 is 54.5 Å². The highest BCUT2D eigenvalue weighted by atomic mass is 127. The number of hydrogen-bond donors (Lipinski definition) is 3. The Hall–Kier alpha value is -1.78. The molecule has 3 aromatic rings. The maximum Gasteiger partial charge on any atom is 0.418 e. The predicted molar refractivity (Wildman–Crippen MR) is 122 cm³/mol. The van der Waals surface area contributed by atoms with E-state index >= 15 is 0 Å². The summed E-state index contributed by atoms with van der Waals surface area (Å²) in [6.07, 6.45) is -8.50. The van der Waals surface area contributed by atoms with Crippen LogP contribution >= 0.6 is 34.2 Å². The average Bonchev–Trinajstić information content (AvgIpc) is 3.29. The predicted octanol–water partition coefficient (Wildman–Crippen LogP) is 2.75. The molecule has 2 aromatic heterocycles. The molecule has 1 saturated heterocycles. The highest BCUT2D eigenvalue weighted by Crippen LogP contribution is 2.40. The van der Waals surface area contributed by atoms with Crippen molar-refractivity contribution < 1.29 is 33.2 Å². The lowest BCUT2D eigenvalue weighted by atomic mass is 9.92. The van der Waals surface area contributed by atoms with E-state index in [4.69, 9.17) is 16.3 Å². The molecule has 2 unspecified atom stereocenters. The second-order valence-corrected chi connectivity index (χ2v) is 9.48. The van der Waals surface area contributed by atoms with Crippen molar-refractivity contribution in [1.29, 1.82) is 0 Å². The fourth-order valence-corrected chi connectivity index (χ4v) is 4.51. The molecule has 3 heterocycles. The molecule has 184 valence electrons. The Morgan fingerprint density at radius 2 is 1.88 bits per heavy atom. The minimum Gasteiger partial charge on any atom is -0.394 e. The number of alkyl halides is 3. The lowest BCUT2D eigenvalue weighted by Gasteiger charge is -2.42. The van der Waals surface area contributed by atoms with Gasteiger partial charge in [-0.3, -0.25) is 4.68 Å². The quantitative estimate of drug-likeness (QED) is 0.388. The van der Waals surface area contributed by atoms with Gasteiger partial charge >= 0.3 is 6.18 Å². The first-order chi connectivity index (χ1) is 15.9. The van der Waals surface area contributed by atoms with Gasteiger partial charge in [-0.2, -0.15) is 23.4 Å². The Morgan fingerprint density at radius 3 is 2.47 bits per heavy atom. The summed E-state index contributed by atoms with van der Waals surface area (Å²) in [5.41, 5.74) is -0.767. The highest BCUT2D eigenvalue weighted by Gasteiger charge is 2.48. The standard InChI is InChI=1S/C20H20ClF3IN5O4/c1-8-12(25)6-29(27-8)15-16(32)14(7-31)34-18(17(15)33)19-26-9(2)28-30(19)13-5-10(21)3-4-11(13)20(22,23)24/h3-6,14-18,31-33H,7H2,1-2H3/t14?,15-,16-,17?,18+/m0/s1. The number of aryl methyl sites for hydroxylation is 2. The van der Waals surface area contributed by atoms with E-state index in [2.05, 4.69) is 15.2 Å². The minimum absolute atomic E-state index is 0.0374. The lowest BCUT2D eigenvalue weighted by molar-refractivity contribution is -0.210. The van der Waals surface area contributed by atoms with E-state index in [0.29, 0.717) is 5.69 Å². The van der Waals surface area contributed by atoms with Crippen LogP contribution in [0.25, 0.3) is 5.69 Å². The highest BCUT2D eigenvalue weighted by molar-refractivity contribution is 14.1. The number of halogens is 5. The lowest BCUT2D eigenvalue weighted by Crippen LogP contribution is -2.53. The molecule has 1 aromatic carbocycles. The van der Waals surface area contributed by atoms with Gasteiger partial charge in [-0.15, -0.1) is 0 Å². The molecule has 1 aliphatic rings. The molecule has 9 nitrogen and oxygen atoms in total. The van der Waals surface area contributed by atoms with Crippen molar-refractivity contribution >= 4 is 34.2 Å². The number of benzene rings is 1. The van der Waals surface area contributed by atoms with Gasteiger partial charge in [0, 0.05) is 11.2 Å². The molecule has 5 atom stereocenters. The van der Waals surface area contributed by atoms with Gasteiger partial charge in [0.1, 0.15) is 36.3 Å². The third-order valence-corrected chi connectivity index (χ3v) is 6.83. The molecule has 0 spiro atoms. The van der Waals surface area contributed by atoms with Crippen molar-refractivity contribution in [2.75, 3.05) is 6.61 Å². The summed E-state index contributed by atoms with van der Waals surface area (Å²) in [4.78, 5) is 4.22. The molecule has 0 amide bonds. The van der Waals surface area contributed by atoms with Gasteiger partial charge in [0.15, 0.2) is 5.82 Å². The maximum atomic E-state index is 13.8. The second-order valence-electron chi connectivity index (χ2n) is 7.88. The van der Waals surface area contributed by atoms with Crippen molar-refractivity contribution in [3.8, 4) is 5.69 Å². The molecular formula is C20H20ClF3IN5O4. The third-order valence-electron chi connectivity index (χ3n) is 5.54. The Kier molecular flexibility index (Phi) is 6.96. The summed E-state index contributed by atoms with van der Waals surface area (Å²) in [5, 5.41) is 40.3. The molecule has 4 rings (SSSR count). The number of aromatic nitrogens is 5. The van der Waals surface area contributed by atoms with Crippen molar-refractivity contribution in [3.05, 3.63) is 55.9 Å². The summed E-state index contributed by atoms with van der Waals surface area (Å²) < 4.78 is 50.0. The van der Waals surface area contributed by atoms with E-state index in [-0.39, 0.29) is 16.7 Å². The molecule has 0 aliphatic carbocycles. The van der Waals surface area contributed by atoms with Crippen LogP contribution in [-0.4, -0.2) is 64.8 Å². The summed E-state index contributed by atoms with van der Waals surface area (Å²) in [7, 11) is 0. The number of hydrogen-bond acceptors (Lipinski definition) is 7. The van der Waals surface area contributed by atoms with Crippen LogP contribution in [0.3, 0.4) is 0 Å². The summed E-state index contributed by atoms with van der Waals surface area (Å²) in [6.45, 7) is 2.60. The normalized spacial score (nSPS) is 25.6. The summed E-state index contributed by atoms with van der Waals surface area (Å²) >= 11 is 8.03. The number of ether oxygens (including phenoxy) is 1. The fraction of sp³-hybridized carbons (Fsp3) is 0.450. The topological polar surface area (TPSA) is 118 Å². The van der Waals surface area contributed by atoms with Gasteiger partial charge in [0.2, 0.25) is 0 Å². The van der Waals surface area contributed by atoms with Gasteiger partial charge in [-0.05, 0) is 54.6 Å². The van der Waals surface area contributed by atoms with E-state index in [1.807, 2.05) is 22.6 Å². The Morgan fingerprint density at radius 1 is 1.18 bits per heavy atom. The van der Waals surface area contributed by atoms with E-state index in [9.17, 15) is 28.5 Å². The van der Waals surface area contributed by atoms with Gasteiger partial charge in [-0.25, -0.2) is 9.67 Å². The third kappa shape index (κ3) is 4.56. The van der Waals surface area contributed by atoms with E-state index in [1.165, 1.54) is 11.6 Å². The molecule has 34 heavy (non-hydrogen) atoms. The number of nitrogens with zero attached hydrogens (tertiary/aromatic N) is 5. The first-order valence-electron chi connectivity index (χ1n) is 10.1. The molecule has 0 radical (unpaired) electrons. The zero-order chi connectivity index (χ0) is 24.9. The summed E-state index contributed by atoms with van der Waals surface area (Å²) in [5.74, 6) is -0.0294. The fourth-order valence-electron chi connectivity index (χ4n) is 3.95. The maximum absolute atomic E-state index is 13.8. The number of aliphatic hydroxyl groups is 3. The van der Waals surface area contributed by atoms with Crippen LogP contribution < -0.4 is 0 Å². The largest absolute Gasteiger partial charge is 0.418 e. The van der Waals surface area contributed by atoms with Crippen molar-refractivity contribution in [2.45, 2.75) is 50.5 Å². The molecule has 1 fully saturated rings. The van der Waals surface area contributed by atoms with Crippen LogP contribution in [0.15, 0.2) is 24.4 Å². The van der Waals surface area contributed by atoms with Crippen LogP contribution in [0.2, 0.25) is 5.02 Å². The first kappa shape index (κ1) is 25.3. The van der Waals surface area contributed by atoms with Crippen molar-refractivity contribution in [2.24, 2.45) is 0 Å². The Labute approximate surface area is 210 Å². The zero-order valence-electron chi connectivity index (χ0n) is 17.8. The zero-order valence-corrected chi connectivity index (χ0v) is 20.7. The van der Waals surface area contributed by atoms with Crippen molar-refractivity contribution in [3.63, 3.8) is 0 Å². The number of rotatable bonds is 4. The molecule has 0 saturated carbocycles. The Bertz CT molecular complexity index is 1180. The SMILES string of the molecule is Cc1nc([C@@H]2OC(CO)[C@H](O)[C@H](n3cc(I)c(C)n3)C2O)n(-c2cc(Cl)ccc2C(F)(F)F)n1. The summed E-state index contributed by atoms with van der Waals surface area (Å²) in [6, 6.07) is 1.95. The first-order valence-corrected chi connectivity index (χ1v) is 11.5.